The number of hydrogen-bond acceptors (Lipinski definition) is 4. The maximum Gasteiger partial charge on any atom is 0.325 e. The van der Waals surface area contributed by atoms with E-state index in [4.69, 9.17) is 4.74 Å². The van der Waals surface area contributed by atoms with Crippen molar-refractivity contribution >= 4 is 5.91 Å². The quantitative estimate of drug-likeness (QED) is 0.683. The minimum Gasteiger partial charge on any atom is -0.376 e. The molecule has 7 heteroatoms. The number of carbonyl (C=O) groups excluding carboxylic acids is 1. The topological polar surface area (TPSA) is 104 Å². The molecule has 1 aliphatic rings. The predicted octanol–water partition coefficient (Wildman–Crippen LogP) is -0.401. The van der Waals surface area contributed by atoms with Crippen molar-refractivity contribution in [3.05, 3.63) is 32.1 Å². The summed E-state index contributed by atoms with van der Waals surface area (Å²) in [4.78, 5) is 39.1. The Morgan fingerprint density at radius 1 is 1.40 bits per heavy atom. The van der Waals surface area contributed by atoms with E-state index in [-0.39, 0.29) is 18.4 Å². The first kappa shape index (κ1) is 14.5. The fraction of sp³-hybridized carbons (Fsp3) is 0.615. The fourth-order valence-corrected chi connectivity index (χ4v) is 2.29. The van der Waals surface area contributed by atoms with Crippen LogP contribution in [0.2, 0.25) is 0 Å². The van der Waals surface area contributed by atoms with Crippen LogP contribution in [-0.2, 0) is 16.0 Å². The molecule has 0 aliphatic carbocycles. The van der Waals surface area contributed by atoms with E-state index in [0.717, 1.165) is 19.4 Å². The second kappa shape index (κ2) is 6.51. The summed E-state index contributed by atoms with van der Waals surface area (Å²) in [5, 5.41) is 2.80. The van der Waals surface area contributed by atoms with Crippen molar-refractivity contribution in [2.75, 3.05) is 13.2 Å². The van der Waals surface area contributed by atoms with Gasteiger partial charge in [-0.25, -0.2) is 4.79 Å². The number of ether oxygens (including phenoxy) is 1. The molecular formula is C13H19N3O4. The third-order valence-electron chi connectivity index (χ3n) is 3.41. The summed E-state index contributed by atoms with van der Waals surface area (Å²) in [6, 6.07) is 0. The standard InChI is InChI=1S/C13H19N3O4/c1-8-10(12(18)16-13(19)15-8)4-5-11(17)14-7-9-3-2-6-20-9/h9H,2-7H2,1H3,(H,14,17)(H2,15,16,18,19). The molecule has 1 atom stereocenters. The first-order valence-corrected chi connectivity index (χ1v) is 6.76. The zero-order valence-electron chi connectivity index (χ0n) is 11.5. The molecule has 1 aromatic rings. The lowest BCUT2D eigenvalue weighted by Crippen LogP contribution is -2.33. The van der Waals surface area contributed by atoms with Gasteiger partial charge in [-0.1, -0.05) is 0 Å². The van der Waals surface area contributed by atoms with Crippen LogP contribution in [0.15, 0.2) is 9.59 Å². The van der Waals surface area contributed by atoms with E-state index in [9.17, 15) is 14.4 Å². The highest BCUT2D eigenvalue weighted by Crippen LogP contribution is 2.10. The van der Waals surface area contributed by atoms with Crippen molar-refractivity contribution in [1.82, 2.24) is 15.3 Å². The molecule has 3 N–H and O–H groups in total. The van der Waals surface area contributed by atoms with Crippen molar-refractivity contribution in [3.8, 4) is 0 Å². The summed E-state index contributed by atoms with van der Waals surface area (Å²) in [5.41, 5.74) is -0.0141. The van der Waals surface area contributed by atoms with Gasteiger partial charge < -0.3 is 15.0 Å². The van der Waals surface area contributed by atoms with Crippen LogP contribution < -0.4 is 16.6 Å². The van der Waals surface area contributed by atoms with Gasteiger partial charge in [-0.2, -0.15) is 0 Å². The number of amides is 1. The maximum atomic E-state index is 11.7. The molecule has 110 valence electrons. The van der Waals surface area contributed by atoms with Crippen LogP contribution in [0.3, 0.4) is 0 Å². The third-order valence-corrected chi connectivity index (χ3v) is 3.41. The van der Waals surface area contributed by atoms with E-state index in [1.165, 1.54) is 0 Å². The van der Waals surface area contributed by atoms with Crippen LogP contribution >= 0.6 is 0 Å². The van der Waals surface area contributed by atoms with Crippen molar-refractivity contribution < 1.29 is 9.53 Å². The number of nitrogens with one attached hydrogen (secondary N) is 3. The first-order valence-electron chi connectivity index (χ1n) is 6.76. The Labute approximate surface area is 115 Å². The van der Waals surface area contributed by atoms with Crippen LogP contribution in [0.1, 0.15) is 30.5 Å². The zero-order valence-corrected chi connectivity index (χ0v) is 11.5. The molecule has 0 bridgehead atoms. The molecule has 2 heterocycles. The molecule has 1 saturated heterocycles. The molecule has 2 rings (SSSR count). The van der Waals surface area contributed by atoms with Gasteiger partial charge in [0.2, 0.25) is 5.91 Å². The summed E-state index contributed by atoms with van der Waals surface area (Å²) in [5.74, 6) is -0.120. The van der Waals surface area contributed by atoms with E-state index in [1.54, 1.807) is 6.92 Å². The van der Waals surface area contributed by atoms with E-state index in [0.29, 0.717) is 24.2 Å². The molecule has 0 aromatic carbocycles. The summed E-state index contributed by atoms with van der Waals surface area (Å²) in [6.07, 6.45) is 2.63. The maximum absolute atomic E-state index is 11.7. The number of aryl methyl sites for hydroxylation is 1. The minimum absolute atomic E-state index is 0.108. The number of aromatic amines is 2. The number of H-pyrrole nitrogens is 2. The molecule has 1 fully saturated rings. The second-order valence-electron chi connectivity index (χ2n) is 4.95. The third kappa shape index (κ3) is 3.80. The Bertz CT molecular complexity index is 584. The zero-order chi connectivity index (χ0) is 14.5. The smallest absolute Gasteiger partial charge is 0.325 e. The van der Waals surface area contributed by atoms with E-state index >= 15 is 0 Å². The Morgan fingerprint density at radius 3 is 2.85 bits per heavy atom. The van der Waals surface area contributed by atoms with Crippen LogP contribution in [0, 0.1) is 6.92 Å². The number of aromatic nitrogens is 2. The summed E-state index contributed by atoms with van der Waals surface area (Å²) < 4.78 is 5.41. The molecular weight excluding hydrogens is 262 g/mol. The van der Waals surface area contributed by atoms with Crippen LogP contribution in [-0.4, -0.2) is 35.1 Å². The summed E-state index contributed by atoms with van der Waals surface area (Å²) in [6.45, 7) is 2.92. The number of carbonyl (C=O) groups is 1. The Kier molecular flexibility index (Phi) is 4.73. The molecule has 0 radical (unpaired) electrons. The number of hydrogen-bond donors (Lipinski definition) is 3. The van der Waals surface area contributed by atoms with Crippen molar-refractivity contribution in [2.24, 2.45) is 0 Å². The van der Waals surface area contributed by atoms with Gasteiger partial charge in [0, 0.05) is 30.8 Å². The van der Waals surface area contributed by atoms with Gasteiger partial charge >= 0.3 is 5.69 Å². The average Bonchev–Trinajstić information content (AvgIpc) is 2.88. The van der Waals surface area contributed by atoms with Crippen molar-refractivity contribution in [1.29, 1.82) is 0 Å². The minimum atomic E-state index is -0.529. The van der Waals surface area contributed by atoms with Gasteiger partial charge in [-0.3, -0.25) is 14.6 Å². The highest BCUT2D eigenvalue weighted by molar-refractivity contribution is 5.76. The van der Waals surface area contributed by atoms with E-state index < -0.39 is 11.2 Å². The number of rotatable bonds is 5. The van der Waals surface area contributed by atoms with Crippen LogP contribution in [0.5, 0.6) is 0 Å². The lowest BCUT2D eigenvalue weighted by atomic mass is 10.1. The highest BCUT2D eigenvalue weighted by atomic mass is 16.5. The largest absolute Gasteiger partial charge is 0.376 e. The lowest BCUT2D eigenvalue weighted by Gasteiger charge is -2.10. The molecule has 1 amide bonds. The normalized spacial score (nSPS) is 18.1. The molecule has 1 unspecified atom stereocenters. The highest BCUT2D eigenvalue weighted by Gasteiger charge is 2.16. The van der Waals surface area contributed by atoms with Gasteiger partial charge in [-0.15, -0.1) is 0 Å². The van der Waals surface area contributed by atoms with Gasteiger partial charge in [0.25, 0.3) is 5.56 Å². The summed E-state index contributed by atoms with van der Waals surface area (Å²) >= 11 is 0. The SMILES string of the molecule is Cc1[nH]c(=O)[nH]c(=O)c1CCC(=O)NCC1CCCO1. The molecule has 20 heavy (non-hydrogen) atoms. The van der Waals surface area contributed by atoms with E-state index in [1.807, 2.05) is 0 Å². The van der Waals surface area contributed by atoms with Crippen LogP contribution in [0.25, 0.3) is 0 Å². The monoisotopic (exact) mass is 281 g/mol. The molecule has 0 spiro atoms. The predicted molar refractivity (Wildman–Crippen MR) is 72.7 cm³/mol. The van der Waals surface area contributed by atoms with E-state index in [2.05, 4.69) is 15.3 Å². The molecule has 0 saturated carbocycles. The van der Waals surface area contributed by atoms with Crippen molar-refractivity contribution in [3.63, 3.8) is 0 Å². The van der Waals surface area contributed by atoms with Gasteiger partial charge in [-0.05, 0) is 26.2 Å². The molecule has 7 nitrogen and oxygen atoms in total. The van der Waals surface area contributed by atoms with Gasteiger partial charge in [0.15, 0.2) is 0 Å². The van der Waals surface area contributed by atoms with Gasteiger partial charge in [0.05, 0.1) is 6.10 Å². The van der Waals surface area contributed by atoms with Gasteiger partial charge in [0.1, 0.15) is 0 Å². The van der Waals surface area contributed by atoms with Crippen LogP contribution in [0.4, 0.5) is 0 Å². The molecule has 1 aliphatic heterocycles. The fourth-order valence-electron chi connectivity index (χ4n) is 2.29. The van der Waals surface area contributed by atoms with Crippen molar-refractivity contribution in [2.45, 2.75) is 38.7 Å². The second-order valence-corrected chi connectivity index (χ2v) is 4.95. The Morgan fingerprint density at radius 2 is 2.20 bits per heavy atom. The Hall–Kier alpha value is -1.89. The summed E-state index contributed by atoms with van der Waals surface area (Å²) in [7, 11) is 0. The first-order chi connectivity index (χ1) is 9.56. The average molecular weight is 281 g/mol. The lowest BCUT2D eigenvalue weighted by molar-refractivity contribution is -0.121. The Balaban J connectivity index is 1.84. The molecule has 1 aromatic heterocycles.